The molecule has 0 spiro atoms. The molecule has 0 aliphatic carbocycles. The van der Waals surface area contributed by atoms with Crippen molar-refractivity contribution < 1.29 is 0 Å². The van der Waals surface area contributed by atoms with Gasteiger partial charge in [0.15, 0.2) is 0 Å². The first-order valence-corrected chi connectivity index (χ1v) is 6.14. The maximum atomic E-state index is 4.41. The van der Waals surface area contributed by atoms with Gasteiger partial charge in [-0.3, -0.25) is 4.68 Å². The van der Waals surface area contributed by atoms with Gasteiger partial charge in [0.25, 0.3) is 0 Å². The Balaban J connectivity index is 2.06. The largest absolute Gasteiger partial charge is 0.369 e. The molecule has 3 nitrogen and oxygen atoms in total. The summed E-state index contributed by atoms with van der Waals surface area (Å²) < 4.78 is 2.03. The van der Waals surface area contributed by atoms with Crippen molar-refractivity contribution in [1.82, 2.24) is 14.7 Å². The third-order valence-electron chi connectivity index (χ3n) is 4.29. The number of allylic oxidation sites excluding steroid dienone is 1. The summed E-state index contributed by atoms with van der Waals surface area (Å²) >= 11 is 0. The lowest BCUT2D eigenvalue weighted by molar-refractivity contribution is 0.178. The Bertz CT molecular complexity index is 432. The molecule has 1 saturated heterocycles. The summed E-state index contributed by atoms with van der Waals surface area (Å²) in [6.07, 6.45) is 4.48. The third kappa shape index (κ3) is 1.24. The van der Waals surface area contributed by atoms with Gasteiger partial charge in [0.1, 0.15) is 0 Å². The molecule has 2 aliphatic heterocycles. The molecule has 2 atom stereocenters. The van der Waals surface area contributed by atoms with Crippen LogP contribution in [0.1, 0.15) is 36.9 Å². The lowest BCUT2D eigenvalue weighted by Gasteiger charge is -2.44. The van der Waals surface area contributed by atoms with Crippen molar-refractivity contribution in [1.29, 1.82) is 0 Å². The van der Waals surface area contributed by atoms with Crippen LogP contribution in [0.4, 0.5) is 0 Å². The highest BCUT2D eigenvalue weighted by molar-refractivity contribution is 5.30. The molecule has 2 bridgehead atoms. The van der Waals surface area contributed by atoms with E-state index in [0.717, 1.165) is 25.4 Å². The van der Waals surface area contributed by atoms with Gasteiger partial charge in [-0.2, -0.15) is 5.10 Å². The number of aryl methyl sites for hydroxylation is 1. The van der Waals surface area contributed by atoms with Crippen LogP contribution in [-0.2, 0) is 13.6 Å². The second kappa shape index (κ2) is 3.37. The van der Waals surface area contributed by atoms with Gasteiger partial charge >= 0.3 is 0 Å². The molecular formula is C13H19N3. The minimum Gasteiger partial charge on any atom is -0.369 e. The van der Waals surface area contributed by atoms with E-state index in [0.29, 0.717) is 5.92 Å². The summed E-state index contributed by atoms with van der Waals surface area (Å²) in [5, 5.41) is 4.41. The Morgan fingerprint density at radius 1 is 1.56 bits per heavy atom. The molecule has 2 aliphatic rings. The minimum atomic E-state index is 0.674. The molecule has 0 aromatic carbocycles. The lowest BCUT2D eigenvalue weighted by Crippen LogP contribution is -2.41. The molecule has 0 saturated carbocycles. The van der Waals surface area contributed by atoms with E-state index in [1.165, 1.54) is 23.4 Å². The van der Waals surface area contributed by atoms with Crippen LogP contribution in [0.3, 0.4) is 0 Å². The SMILES string of the molecule is C=C1CC(CC)C2CN1Cc1c2cnn1C. The summed E-state index contributed by atoms with van der Waals surface area (Å²) in [5.41, 5.74) is 4.18. The van der Waals surface area contributed by atoms with E-state index in [1.54, 1.807) is 0 Å². The van der Waals surface area contributed by atoms with Crippen LogP contribution in [0, 0.1) is 5.92 Å². The first kappa shape index (κ1) is 9.94. The van der Waals surface area contributed by atoms with Crippen LogP contribution in [0.15, 0.2) is 18.5 Å². The van der Waals surface area contributed by atoms with E-state index in [1.807, 2.05) is 11.7 Å². The average molecular weight is 217 g/mol. The van der Waals surface area contributed by atoms with Crippen molar-refractivity contribution in [2.75, 3.05) is 6.54 Å². The van der Waals surface area contributed by atoms with E-state index in [-0.39, 0.29) is 0 Å². The number of hydrogen-bond donors (Lipinski definition) is 0. The molecule has 3 heterocycles. The van der Waals surface area contributed by atoms with Gasteiger partial charge in [0, 0.05) is 30.8 Å². The van der Waals surface area contributed by atoms with Crippen LogP contribution < -0.4 is 0 Å². The fourth-order valence-corrected chi connectivity index (χ4v) is 3.21. The molecule has 3 heteroatoms. The predicted octanol–water partition coefficient (Wildman–Crippen LogP) is 2.26. The first-order chi connectivity index (χ1) is 7.70. The fourth-order valence-electron chi connectivity index (χ4n) is 3.21. The fraction of sp³-hybridized carbons (Fsp3) is 0.615. The maximum Gasteiger partial charge on any atom is 0.0609 e. The Hall–Kier alpha value is -1.25. The van der Waals surface area contributed by atoms with E-state index in [9.17, 15) is 0 Å². The van der Waals surface area contributed by atoms with Gasteiger partial charge in [-0.25, -0.2) is 0 Å². The van der Waals surface area contributed by atoms with E-state index >= 15 is 0 Å². The normalized spacial score (nSPS) is 28.1. The van der Waals surface area contributed by atoms with Crippen molar-refractivity contribution in [2.24, 2.45) is 13.0 Å². The second-order valence-electron chi connectivity index (χ2n) is 5.10. The molecule has 3 rings (SSSR count). The number of piperidine rings is 1. The summed E-state index contributed by atoms with van der Waals surface area (Å²) in [4.78, 5) is 2.43. The van der Waals surface area contributed by atoms with Crippen molar-refractivity contribution in [3.63, 3.8) is 0 Å². The van der Waals surface area contributed by atoms with E-state index in [4.69, 9.17) is 0 Å². The Kier molecular flexibility index (Phi) is 2.09. The van der Waals surface area contributed by atoms with E-state index < -0.39 is 0 Å². The average Bonchev–Trinajstić information content (AvgIpc) is 2.66. The standard InChI is InChI=1S/C13H19N3/c1-4-10-5-9(2)16-7-12(10)11-6-14-15(3)13(11)8-16/h6,10,12H,2,4-5,7-8H2,1,3H3. The second-order valence-corrected chi connectivity index (χ2v) is 5.10. The zero-order valence-electron chi connectivity index (χ0n) is 10.1. The minimum absolute atomic E-state index is 0.674. The maximum absolute atomic E-state index is 4.41. The van der Waals surface area contributed by atoms with Gasteiger partial charge < -0.3 is 4.90 Å². The molecule has 86 valence electrons. The van der Waals surface area contributed by atoms with Crippen molar-refractivity contribution in [3.05, 3.63) is 29.7 Å². The number of nitrogens with zero attached hydrogens (tertiary/aromatic N) is 3. The summed E-state index contributed by atoms with van der Waals surface area (Å²) in [7, 11) is 2.05. The molecule has 2 unspecified atom stereocenters. The van der Waals surface area contributed by atoms with Crippen LogP contribution in [0.25, 0.3) is 0 Å². The Morgan fingerprint density at radius 2 is 2.38 bits per heavy atom. The van der Waals surface area contributed by atoms with Crippen LogP contribution in [0.2, 0.25) is 0 Å². The highest BCUT2D eigenvalue weighted by Crippen LogP contribution is 2.43. The zero-order chi connectivity index (χ0) is 11.3. The quantitative estimate of drug-likeness (QED) is 0.719. The van der Waals surface area contributed by atoms with Gasteiger partial charge in [0.05, 0.1) is 18.4 Å². The molecule has 0 radical (unpaired) electrons. The van der Waals surface area contributed by atoms with Crippen LogP contribution >= 0.6 is 0 Å². The van der Waals surface area contributed by atoms with E-state index in [2.05, 4.69) is 29.7 Å². The number of rotatable bonds is 1. The summed E-state index contributed by atoms with van der Waals surface area (Å²) in [6.45, 7) is 8.65. The summed E-state index contributed by atoms with van der Waals surface area (Å²) in [6, 6.07) is 0. The van der Waals surface area contributed by atoms with Gasteiger partial charge in [-0.15, -0.1) is 0 Å². The highest BCUT2D eigenvalue weighted by atomic mass is 15.3. The van der Waals surface area contributed by atoms with Gasteiger partial charge in [0.2, 0.25) is 0 Å². The number of aromatic nitrogens is 2. The van der Waals surface area contributed by atoms with Crippen LogP contribution in [-0.4, -0.2) is 21.2 Å². The molecule has 1 fully saturated rings. The first-order valence-electron chi connectivity index (χ1n) is 6.14. The van der Waals surface area contributed by atoms with Crippen molar-refractivity contribution in [2.45, 2.75) is 32.2 Å². The molecule has 0 amide bonds. The van der Waals surface area contributed by atoms with Crippen LogP contribution in [0.5, 0.6) is 0 Å². The summed E-state index contributed by atoms with van der Waals surface area (Å²) in [5.74, 6) is 1.43. The third-order valence-corrected chi connectivity index (χ3v) is 4.29. The number of hydrogen-bond acceptors (Lipinski definition) is 2. The molecule has 0 N–H and O–H groups in total. The molecule has 1 aromatic heterocycles. The Labute approximate surface area is 96.7 Å². The lowest BCUT2D eigenvalue weighted by atomic mass is 9.76. The molecule has 16 heavy (non-hydrogen) atoms. The smallest absolute Gasteiger partial charge is 0.0609 e. The molecular weight excluding hydrogens is 198 g/mol. The monoisotopic (exact) mass is 217 g/mol. The van der Waals surface area contributed by atoms with Crippen molar-refractivity contribution in [3.8, 4) is 0 Å². The Morgan fingerprint density at radius 3 is 3.12 bits per heavy atom. The predicted molar refractivity (Wildman–Crippen MR) is 63.9 cm³/mol. The number of fused-ring (bicyclic) bond motifs is 4. The highest BCUT2D eigenvalue weighted by Gasteiger charge is 2.37. The zero-order valence-corrected chi connectivity index (χ0v) is 10.1. The van der Waals surface area contributed by atoms with Gasteiger partial charge in [-0.1, -0.05) is 19.9 Å². The molecule has 1 aromatic rings. The van der Waals surface area contributed by atoms with Crippen molar-refractivity contribution >= 4 is 0 Å². The van der Waals surface area contributed by atoms with Gasteiger partial charge in [-0.05, 0) is 12.3 Å². The topological polar surface area (TPSA) is 21.1 Å².